The van der Waals surface area contributed by atoms with Gasteiger partial charge in [0.15, 0.2) is 0 Å². The van der Waals surface area contributed by atoms with E-state index in [-0.39, 0.29) is 11.1 Å². The Hall–Kier alpha value is -1.13. The topological polar surface area (TPSA) is 51.3 Å². The molecule has 1 aliphatic rings. The van der Waals surface area contributed by atoms with Gasteiger partial charge in [-0.1, -0.05) is 6.07 Å². The molecule has 2 N–H and O–H groups in total. The zero-order chi connectivity index (χ0) is 10.9. The first-order valence-electron chi connectivity index (χ1n) is 5.24. The van der Waals surface area contributed by atoms with Crippen LogP contribution in [0.4, 0.5) is 0 Å². The summed E-state index contributed by atoms with van der Waals surface area (Å²) in [6.45, 7) is 5.55. The molecule has 4 heteroatoms. The number of nitrogens with zero attached hydrogens (tertiary/aromatic N) is 2. The fourth-order valence-corrected chi connectivity index (χ4v) is 2.03. The summed E-state index contributed by atoms with van der Waals surface area (Å²) in [5.74, 6) is 0. The van der Waals surface area contributed by atoms with Crippen LogP contribution < -0.4 is 11.3 Å². The third-order valence-corrected chi connectivity index (χ3v) is 2.73. The number of aromatic nitrogens is 1. The lowest BCUT2D eigenvalue weighted by molar-refractivity contribution is 0.0800. The van der Waals surface area contributed by atoms with Crippen molar-refractivity contribution < 1.29 is 0 Å². The fraction of sp³-hybridized carbons (Fsp3) is 0.545. The maximum absolute atomic E-state index is 11.4. The molecule has 0 radical (unpaired) electrons. The van der Waals surface area contributed by atoms with Crippen molar-refractivity contribution in [3.05, 3.63) is 34.7 Å². The lowest BCUT2D eigenvalue weighted by Gasteiger charge is -2.45. The standard InChI is InChI=1S/C11H17N3O/c1-11(12)8-13(9-11)6-7-14-5-3-2-4-10(14)15/h2-5H,6-9,12H2,1H3. The van der Waals surface area contributed by atoms with Crippen LogP contribution in [-0.4, -0.2) is 34.6 Å². The molecule has 4 nitrogen and oxygen atoms in total. The lowest BCUT2D eigenvalue weighted by atomic mass is 9.94. The van der Waals surface area contributed by atoms with E-state index in [4.69, 9.17) is 5.73 Å². The Kier molecular flexibility index (Phi) is 2.63. The summed E-state index contributed by atoms with van der Waals surface area (Å²) in [5.41, 5.74) is 5.94. The van der Waals surface area contributed by atoms with Crippen LogP contribution in [0, 0.1) is 0 Å². The highest BCUT2D eigenvalue weighted by atomic mass is 16.1. The van der Waals surface area contributed by atoms with Gasteiger partial charge in [-0.15, -0.1) is 0 Å². The second-order valence-electron chi connectivity index (χ2n) is 4.60. The molecule has 0 saturated carbocycles. The molecule has 1 aromatic heterocycles. The number of likely N-dealkylation sites (tertiary alicyclic amines) is 1. The first-order chi connectivity index (χ1) is 7.07. The van der Waals surface area contributed by atoms with Gasteiger partial charge in [0.25, 0.3) is 5.56 Å². The third kappa shape index (κ3) is 2.46. The molecule has 0 atom stereocenters. The molecule has 0 aromatic carbocycles. The lowest BCUT2D eigenvalue weighted by Crippen LogP contribution is -2.65. The van der Waals surface area contributed by atoms with Crippen LogP contribution in [0.15, 0.2) is 29.2 Å². The Morgan fingerprint density at radius 2 is 2.13 bits per heavy atom. The summed E-state index contributed by atoms with van der Waals surface area (Å²) >= 11 is 0. The van der Waals surface area contributed by atoms with Gasteiger partial charge in [-0.25, -0.2) is 0 Å². The van der Waals surface area contributed by atoms with Gasteiger partial charge in [-0.2, -0.15) is 0 Å². The summed E-state index contributed by atoms with van der Waals surface area (Å²) < 4.78 is 1.73. The summed E-state index contributed by atoms with van der Waals surface area (Å²) in [4.78, 5) is 13.6. The monoisotopic (exact) mass is 207 g/mol. The largest absolute Gasteiger partial charge is 0.323 e. The van der Waals surface area contributed by atoms with Gasteiger partial charge in [0.05, 0.1) is 0 Å². The molecule has 2 rings (SSSR count). The maximum Gasteiger partial charge on any atom is 0.250 e. The number of hydrogen-bond donors (Lipinski definition) is 1. The van der Waals surface area contributed by atoms with Crippen molar-refractivity contribution in [1.82, 2.24) is 9.47 Å². The van der Waals surface area contributed by atoms with Crippen LogP contribution in [0.25, 0.3) is 0 Å². The Balaban J connectivity index is 1.85. The average Bonchev–Trinajstić information content (AvgIpc) is 2.13. The number of pyridine rings is 1. The van der Waals surface area contributed by atoms with E-state index in [1.54, 1.807) is 16.7 Å². The minimum absolute atomic E-state index is 0.0261. The maximum atomic E-state index is 11.4. The van der Waals surface area contributed by atoms with E-state index >= 15 is 0 Å². The van der Waals surface area contributed by atoms with Gasteiger partial charge in [0.2, 0.25) is 0 Å². The molecule has 0 bridgehead atoms. The smallest absolute Gasteiger partial charge is 0.250 e. The molecule has 0 unspecified atom stereocenters. The Morgan fingerprint density at radius 1 is 1.40 bits per heavy atom. The highest BCUT2D eigenvalue weighted by Crippen LogP contribution is 2.16. The van der Waals surface area contributed by atoms with E-state index < -0.39 is 0 Å². The molecule has 0 spiro atoms. The van der Waals surface area contributed by atoms with Crippen LogP contribution in [-0.2, 0) is 6.54 Å². The predicted octanol–water partition coefficient (Wildman–Crippen LogP) is -0.119. The van der Waals surface area contributed by atoms with Crippen LogP contribution in [0.3, 0.4) is 0 Å². The van der Waals surface area contributed by atoms with E-state index in [1.165, 1.54) is 0 Å². The van der Waals surface area contributed by atoms with Crippen LogP contribution >= 0.6 is 0 Å². The van der Waals surface area contributed by atoms with Crippen LogP contribution in [0.5, 0.6) is 0 Å². The highest BCUT2D eigenvalue weighted by molar-refractivity contribution is 4.97. The third-order valence-electron chi connectivity index (χ3n) is 2.73. The molecule has 0 amide bonds. The van der Waals surface area contributed by atoms with Crippen molar-refractivity contribution in [1.29, 1.82) is 0 Å². The predicted molar refractivity (Wildman–Crippen MR) is 59.7 cm³/mol. The van der Waals surface area contributed by atoms with E-state index in [1.807, 2.05) is 12.3 Å². The summed E-state index contributed by atoms with van der Waals surface area (Å²) in [7, 11) is 0. The van der Waals surface area contributed by atoms with Crippen molar-refractivity contribution in [3.8, 4) is 0 Å². The molecular weight excluding hydrogens is 190 g/mol. The summed E-state index contributed by atoms with van der Waals surface area (Å²) in [5, 5.41) is 0. The van der Waals surface area contributed by atoms with Gasteiger partial charge >= 0.3 is 0 Å². The van der Waals surface area contributed by atoms with Crippen molar-refractivity contribution >= 4 is 0 Å². The fourth-order valence-electron chi connectivity index (χ4n) is 2.03. The molecule has 1 fully saturated rings. The Labute approximate surface area is 89.3 Å². The highest BCUT2D eigenvalue weighted by Gasteiger charge is 2.33. The molecule has 82 valence electrons. The Bertz CT molecular complexity index is 389. The molecule has 2 heterocycles. The van der Waals surface area contributed by atoms with E-state index in [9.17, 15) is 4.79 Å². The van der Waals surface area contributed by atoms with E-state index in [0.29, 0.717) is 0 Å². The first kappa shape index (κ1) is 10.4. The van der Waals surface area contributed by atoms with E-state index in [2.05, 4.69) is 11.8 Å². The molecule has 1 aromatic rings. The summed E-state index contributed by atoms with van der Waals surface area (Å²) in [6.07, 6.45) is 1.82. The summed E-state index contributed by atoms with van der Waals surface area (Å²) in [6, 6.07) is 5.23. The quantitative estimate of drug-likeness (QED) is 0.752. The molecule has 1 aliphatic heterocycles. The van der Waals surface area contributed by atoms with Crippen molar-refractivity contribution in [2.75, 3.05) is 19.6 Å². The second kappa shape index (κ2) is 3.79. The minimum Gasteiger partial charge on any atom is -0.323 e. The zero-order valence-electron chi connectivity index (χ0n) is 9.02. The zero-order valence-corrected chi connectivity index (χ0v) is 9.02. The SMILES string of the molecule is CC1(N)CN(CCn2ccccc2=O)C1. The minimum atomic E-state index is -0.0261. The van der Waals surface area contributed by atoms with E-state index in [0.717, 1.165) is 26.2 Å². The normalized spacial score (nSPS) is 19.9. The van der Waals surface area contributed by atoms with Gasteiger partial charge in [0, 0.05) is 44.0 Å². The number of rotatable bonds is 3. The first-order valence-corrected chi connectivity index (χ1v) is 5.24. The van der Waals surface area contributed by atoms with Gasteiger partial charge in [-0.05, 0) is 13.0 Å². The van der Waals surface area contributed by atoms with Gasteiger partial charge in [-0.3, -0.25) is 9.69 Å². The van der Waals surface area contributed by atoms with Crippen molar-refractivity contribution in [2.45, 2.75) is 19.0 Å². The van der Waals surface area contributed by atoms with Crippen LogP contribution in [0.1, 0.15) is 6.92 Å². The molecule has 15 heavy (non-hydrogen) atoms. The van der Waals surface area contributed by atoms with Gasteiger partial charge in [0.1, 0.15) is 0 Å². The Morgan fingerprint density at radius 3 is 2.73 bits per heavy atom. The van der Waals surface area contributed by atoms with Crippen molar-refractivity contribution in [2.24, 2.45) is 5.73 Å². The van der Waals surface area contributed by atoms with Crippen LogP contribution in [0.2, 0.25) is 0 Å². The molecule has 0 aliphatic carbocycles. The number of hydrogen-bond acceptors (Lipinski definition) is 3. The molecular formula is C11H17N3O. The van der Waals surface area contributed by atoms with Gasteiger partial charge < -0.3 is 10.3 Å². The molecule has 1 saturated heterocycles. The van der Waals surface area contributed by atoms with Crippen molar-refractivity contribution in [3.63, 3.8) is 0 Å². The average molecular weight is 207 g/mol. The number of nitrogens with two attached hydrogens (primary N) is 1. The second-order valence-corrected chi connectivity index (χ2v) is 4.60.